The minimum absolute atomic E-state index is 0.299. The van der Waals surface area contributed by atoms with Gasteiger partial charge in [0.1, 0.15) is 0 Å². The zero-order valence-corrected chi connectivity index (χ0v) is 16.5. The van der Waals surface area contributed by atoms with Gasteiger partial charge in [0.2, 0.25) is 5.75 Å². The van der Waals surface area contributed by atoms with E-state index in [9.17, 15) is 5.11 Å². The molecule has 148 valence electrons. The Kier molecular flexibility index (Phi) is 8.48. The molecule has 0 aromatic heterocycles. The molecule has 1 aliphatic carbocycles. The summed E-state index contributed by atoms with van der Waals surface area (Å²) in [6.45, 7) is 1.31. The van der Waals surface area contributed by atoms with Crippen molar-refractivity contribution < 1.29 is 24.1 Å². The molecule has 0 aliphatic heterocycles. The lowest BCUT2D eigenvalue weighted by Gasteiger charge is -2.32. The van der Waals surface area contributed by atoms with Crippen LogP contribution in [0.3, 0.4) is 0 Å². The lowest BCUT2D eigenvalue weighted by molar-refractivity contribution is 0.00481. The van der Waals surface area contributed by atoms with Crippen molar-refractivity contribution in [2.75, 3.05) is 41.5 Å². The highest BCUT2D eigenvalue weighted by atomic mass is 16.5. The van der Waals surface area contributed by atoms with Crippen LogP contribution in [-0.4, -0.2) is 63.7 Å². The molecule has 26 heavy (non-hydrogen) atoms. The van der Waals surface area contributed by atoms with Gasteiger partial charge in [-0.05, 0) is 37.6 Å². The van der Waals surface area contributed by atoms with E-state index in [2.05, 4.69) is 11.9 Å². The first-order valence-corrected chi connectivity index (χ1v) is 9.34. The highest BCUT2D eigenvalue weighted by molar-refractivity contribution is 5.53. The average Bonchev–Trinajstić information content (AvgIpc) is 2.67. The molecule has 1 fully saturated rings. The molecule has 1 saturated carbocycles. The van der Waals surface area contributed by atoms with Gasteiger partial charge in [0.25, 0.3) is 0 Å². The fraction of sp³-hybridized carbons (Fsp3) is 0.700. The SMILES string of the molecule is COc1cc(COCC(O)CN(C)C2CCCCC2)cc(OC)c1OC. The first kappa shape index (κ1) is 20.8. The van der Waals surface area contributed by atoms with Crippen molar-refractivity contribution in [2.45, 2.75) is 50.9 Å². The largest absolute Gasteiger partial charge is 0.493 e. The van der Waals surface area contributed by atoms with Crippen molar-refractivity contribution in [1.29, 1.82) is 0 Å². The minimum Gasteiger partial charge on any atom is -0.493 e. The molecule has 0 bridgehead atoms. The molecule has 1 atom stereocenters. The molecule has 0 radical (unpaired) electrons. The fourth-order valence-corrected chi connectivity index (χ4v) is 3.59. The van der Waals surface area contributed by atoms with Crippen LogP contribution in [-0.2, 0) is 11.3 Å². The van der Waals surface area contributed by atoms with E-state index >= 15 is 0 Å². The summed E-state index contributed by atoms with van der Waals surface area (Å²) in [5, 5.41) is 10.3. The number of aliphatic hydroxyl groups is 1. The first-order chi connectivity index (χ1) is 12.6. The van der Waals surface area contributed by atoms with Crippen LogP contribution in [0.25, 0.3) is 0 Å². The Morgan fingerprint density at radius 2 is 1.65 bits per heavy atom. The van der Waals surface area contributed by atoms with Crippen LogP contribution in [0.15, 0.2) is 12.1 Å². The maximum Gasteiger partial charge on any atom is 0.203 e. The smallest absolute Gasteiger partial charge is 0.203 e. The van der Waals surface area contributed by atoms with Crippen LogP contribution in [0, 0.1) is 0 Å². The highest BCUT2D eigenvalue weighted by Gasteiger charge is 2.20. The minimum atomic E-state index is -0.496. The molecule has 0 saturated heterocycles. The van der Waals surface area contributed by atoms with Gasteiger partial charge < -0.3 is 29.0 Å². The van der Waals surface area contributed by atoms with Gasteiger partial charge in [0.05, 0.1) is 40.6 Å². The topological polar surface area (TPSA) is 60.4 Å². The second-order valence-corrected chi connectivity index (χ2v) is 6.93. The number of hydrogen-bond donors (Lipinski definition) is 1. The number of methoxy groups -OCH3 is 3. The Balaban J connectivity index is 1.82. The number of likely N-dealkylation sites (N-methyl/N-ethyl adjacent to an activating group) is 1. The number of nitrogens with zero attached hydrogens (tertiary/aromatic N) is 1. The van der Waals surface area contributed by atoms with E-state index in [1.807, 2.05) is 12.1 Å². The third kappa shape index (κ3) is 5.76. The standard InChI is InChI=1S/C20H33NO5/c1-21(16-8-6-5-7-9-16)12-17(22)14-26-13-15-10-18(23-2)20(25-4)19(11-15)24-3/h10-11,16-17,22H,5-9,12-14H2,1-4H3. The molecule has 1 aromatic carbocycles. The average molecular weight is 367 g/mol. The van der Waals surface area contributed by atoms with Crippen molar-refractivity contribution in [3.63, 3.8) is 0 Å². The van der Waals surface area contributed by atoms with Crippen molar-refractivity contribution >= 4 is 0 Å². The lowest BCUT2D eigenvalue weighted by Crippen LogP contribution is -2.40. The molecule has 0 spiro atoms. The third-order valence-electron chi connectivity index (χ3n) is 5.00. The van der Waals surface area contributed by atoms with E-state index in [-0.39, 0.29) is 0 Å². The Morgan fingerprint density at radius 3 is 2.19 bits per heavy atom. The summed E-state index contributed by atoms with van der Waals surface area (Å²) >= 11 is 0. The zero-order chi connectivity index (χ0) is 18.9. The summed E-state index contributed by atoms with van der Waals surface area (Å²) in [7, 11) is 6.85. The van der Waals surface area contributed by atoms with Gasteiger partial charge in [-0.1, -0.05) is 19.3 Å². The van der Waals surface area contributed by atoms with Gasteiger partial charge >= 0.3 is 0 Å². The highest BCUT2D eigenvalue weighted by Crippen LogP contribution is 2.38. The van der Waals surface area contributed by atoms with E-state index in [0.717, 1.165) is 5.56 Å². The zero-order valence-electron chi connectivity index (χ0n) is 16.5. The van der Waals surface area contributed by atoms with Crippen LogP contribution >= 0.6 is 0 Å². The fourth-order valence-electron chi connectivity index (χ4n) is 3.59. The van der Waals surface area contributed by atoms with Gasteiger partial charge in [-0.15, -0.1) is 0 Å². The molecule has 1 aliphatic rings. The van der Waals surface area contributed by atoms with Crippen LogP contribution in [0.2, 0.25) is 0 Å². The van der Waals surface area contributed by atoms with E-state index in [4.69, 9.17) is 18.9 Å². The third-order valence-corrected chi connectivity index (χ3v) is 5.00. The Labute approximate surface area is 157 Å². The Hall–Kier alpha value is -1.50. The summed E-state index contributed by atoms with van der Waals surface area (Å²) in [6, 6.07) is 4.32. The Morgan fingerprint density at radius 1 is 1.04 bits per heavy atom. The second kappa shape index (κ2) is 10.6. The predicted octanol–water partition coefficient (Wildman–Crippen LogP) is 2.85. The van der Waals surface area contributed by atoms with E-state index in [0.29, 0.717) is 43.0 Å². The van der Waals surface area contributed by atoms with Crippen LogP contribution in [0.5, 0.6) is 17.2 Å². The molecular weight excluding hydrogens is 334 g/mol. The monoisotopic (exact) mass is 367 g/mol. The van der Waals surface area contributed by atoms with Crippen LogP contribution in [0.4, 0.5) is 0 Å². The summed E-state index contributed by atoms with van der Waals surface area (Å²) in [6.07, 6.45) is 5.89. The normalized spacial score (nSPS) is 16.5. The molecular formula is C20H33NO5. The van der Waals surface area contributed by atoms with Gasteiger partial charge in [-0.25, -0.2) is 0 Å². The molecule has 2 rings (SSSR count). The molecule has 0 heterocycles. The number of aliphatic hydroxyl groups excluding tert-OH is 1. The number of benzene rings is 1. The number of ether oxygens (including phenoxy) is 4. The predicted molar refractivity (Wildman–Crippen MR) is 101 cm³/mol. The Bertz CT molecular complexity index is 520. The maximum atomic E-state index is 10.3. The molecule has 1 N–H and O–H groups in total. The quantitative estimate of drug-likeness (QED) is 0.686. The molecule has 6 nitrogen and oxygen atoms in total. The van der Waals surface area contributed by atoms with Gasteiger partial charge in [0, 0.05) is 12.6 Å². The maximum absolute atomic E-state index is 10.3. The van der Waals surface area contributed by atoms with Crippen molar-refractivity contribution in [1.82, 2.24) is 4.90 Å². The van der Waals surface area contributed by atoms with E-state index < -0.39 is 6.10 Å². The van der Waals surface area contributed by atoms with Gasteiger partial charge in [-0.2, -0.15) is 0 Å². The summed E-state index contributed by atoms with van der Waals surface area (Å²) in [5.74, 6) is 1.76. The molecule has 0 amide bonds. The summed E-state index contributed by atoms with van der Waals surface area (Å²) in [5.41, 5.74) is 0.910. The van der Waals surface area contributed by atoms with Crippen molar-refractivity contribution in [2.24, 2.45) is 0 Å². The summed E-state index contributed by atoms with van der Waals surface area (Å²) < 4.78 is 21.7. The van der Waals surface area contributed by atoms with E-state index in [1.165, 1.54) is 32.1 Å². The van der Waals surface area contributed by atoms with Crippen LogP contribution in [0.1, 0.15) is 37.7 Å². The van der Waals surface area contributed by atoms with Gasteiger partial charge in [-0.3, -0.25) is 0 Å². The second-order valence-electron chi connectivity index (χ2n) is 6.93. The molecule has 6 heteroatoms. The van der Waals surface area contributed by atoms with Crippen molar-refractivity contribution in [3.8, 4) is 17.2 Å². The van der Waals surface area contributed by atoms with E-state index in [1.54, 1.807) is 21.3 Å². The molecule has 1 aromatic rings. The van der Waals surface area contributed by atoms with Crippen LogP contribution < -0.4 is 14.2 Å². The summed E-state index contributed by atoms with van der Waals surface area (Å²) in [4.78, 5) is 2.27. The lowest BCUT2D eigenvalue weighted by atomic mass is 9.94. The number of rotatable bonds is 10. The molecule has 1 unspecified atom stereocenters. The number of hydrogen-bond acceptors (Lipinski definition) is 6. The first-order valence-electron chi connectivity index (χ1n) is 9.34. The van der Waals surface area contributed by atoms with Crippen molar-refractivity contribution in [3.05, 3.63) is 17.7 Å². The van der Waals surface area contributed by atoms with Gasteiger partial charge in [0.15, 0.2) is 11.5 Å².